The number of carbonyl (C=O) groups is 1. The van der Waals surface area contributed by atoms with Crippen molar-refractivity contribution < 1.29 is 4.79 Å². The number of anilines is 1. The number of pyridine rings is 1. The van der Waals surface area contributed by atoms with Gasteiger partial charge in [0.1, 0.15) is 0 Å². The van der Waals surface area contributed by atoms with E-state index >= 15 is 0 Å². The minimum absolute atomic E-state index is 0.100. The van der Waals surface area contributed by atoms with Gasteiger partial charge in [0, 0.05) is 33.6 Å². The van der Waals surface area contributed by atoms with Crippen LogP contribution in [0.4, 0.5) is 5.69 Å². The van der Waals surface area contributed by atoms with E-state index in [0.29, 0.717) is 40.0 Å². The topological polar surface area (TPSA) is 57.8 Å². The molecule has 2 heterocycles. The van der Waals surface area contributed by atoms with E-state index in [4.69, 9.17) is 34.8 Å². The van der Waals surface area contributed by atoms with Crippen molar-refractivity contribution in [3.63, 3.8) is 0 Å². The maximum Gasteiger partial charge on any atom is 0.224 e. The normalized spacial score (nSPS) is 11.0. The van der Waals surface area contributed by atoms with Crippen molar-refractivity contribution >= 4 is 57.3 Å². The third-order valence-corrected chi connectivity index (χ3v) is 5.61. The molecule has 2 N–H and O–H groups in total. The van der Waals surface area contributed by atoms with Crippen molar-refractivity contribution in [1.82, 2.24) is 9.97 Å². The first-order valence-electron chi connectivity index (χ1n) is 9.47. The summed E-state index contributed by atoms with van der Waals surface area (Å²) >= 11 is 18.3. The second-order valence-corrected chi connectivity index (χ2v) is 8.19. The molecule has 152 valence electrons. The van der Waals surface area contributed by atoms with Gasteiger partial charge in [0.05, 0.1) is 22.1 Å². The fraction of sp³-hybridized carbons (Fsp3) is 0.130. The average molecular weight is 459 g/mol. The number of nitrogens with one attached hydrogen (secondary N) is 2. The van der Waals surface area contributed by atoms with Crippen LogP contribution >= 0.6 is 34.8 Å². The lowest BCUT2D eigenvalue weighted by Gasteiger charge is -2.08. The summed E-state index contributed by atoms with van der Waals surface area (Å²) in [6.07, 6.45) is 3.49. The number of carbonyl (C=O) groups excluding carboxylic acids is 1. The minimum atomic E-state index is -0.100. The SMILES string of the molecule is O=C(CCCc1c(-c2ccccn2)[nH]c2ccc(Cl)cc12)Nc1ccc(Cl)cc1Cl. The molecule has 7 heteroatoms. The van der Waals surface area contributed by atoms with Gasteiger partial charge in [-0.25, -0.2) is 0 Å². The summed E-state index contributed by atoms with van der Waals surface area (Å²) in [5, 5.41) is 5.50. The fourth-order valence-electron chi connectivity index (χ4n) is 3.44. The van der Waals surface area contributed by atoms with E-state index in [1.54, 1.807) is 24.4 Å². The smallest absolute Gasteiger partial charge is 0.224 e. The molecule has 0 atom stereocenters. The number of aryl methyl sites for hydroxylation is 1. The van der Waals surface area contributed by atoms with Crippen LogP contribution < -0.4 is 5.32 Å². The Labute approximate surface area is 189 Å². The number of amides is 1. The monoisotopic (exact) mass is 457 g/mol. The molecule has 2 aromatic carbocycles. The van der Waals surface area contributed by atoms with Gasteiger partial charge < -0.3 is 10.3 Å². The number of fused-ring (bicyclic) bond motifs is 1. The Morgan fingerprint density at radius 1 is 1.00 bits per heavy atom. The van der Waals surface area contributed by atoms with Crippen LogP contribution in [0.3, 0.4) is 0 Å². The minimum Gasteiger partial charge on any atom is -0.353 e. The summed E-state index contributed by atoms with van der Waals surface area (Å²) in [4.78, 5) is 20.3. The van der Waals surface area contributed by atoms with Crippen LogP contribution in [0.15, 0.2) is 60.8 Å². The molecule has 0 aliphatic rings. The van der Waals surface area contributed by atoms with Gasteiger partial charge in [-0.1, -0.05) is 40.9 Å². The molecule has 0 unspecified atom stereocenters. The number of benzene rings is 2. The van der Waals surface area contributed by atoms with Crippen molar-refractivity contribution in [2.75, 3.05) is 5.32 Å². The van der Waals surface area contributed by atoms with Crippen molar-refractivity contribution in [2.24, 2.45) is 0 Å². The summed E-state index contributed by atoms with van der Waals surface area (Å²) in [5.41, 5.74) is 4.46. The second-order valence-electron chi connectivity index (χ2n) is 6.91. The van der Waals surface area contributed by atoms with Gasteiger partial charge in [-0.15, -0.1) is 0 Å². The molecule has 4 aromatic rings. The molecule has 0 spiro atoms. The van der Waals surface area contributed by atoms with Gasteiger partial charge in [-0.3, -0.25) is 9.78 Å². The van der Waals surface area contributed by atoms with Crippen LogP contribution in [-0.2, 0) is 11.2 Å². The number of hydrogen-bond donors (Lipinski definition) is 2. The van der Waals surface area contributed by atoms with Crippen molar-refractivity contribution in [2.45, 2.75) is 19.3 Å². The summed E-state index contributed by atoms with van der Waals surface area (Å²) in [6, 6.07) is 16.6. The van der Waals surface area contributed by atoms with E-state index in [2.05, 4.69) is 15.3 Å². The molecule has 0 bridgehead atoms. The lowest BCUT2D eigenvalue weighted by molar-refractivity contribution is -0.116. The zero-order valence-electron chi connectivity index (χ0n) is 15.9. The van der Waals surface area contributed by atoms with E-state index in [1.165, 1.54) is 0 Å². The Kier molecular flexibility index (Phi) is 6.28. The summed E-state index contributed by atoms with van der Waals surface area (Å²) in [6.45, 7) is 0. The van der Waals surface area contributed by atoms with Gasteiger partial charge in [0.25, 0.3) is 0 Å². The van der Waals surface area contributed by atoms with E-state index in [1.807, 2.05) is 36.4 Å². The molecule has 0 radical (unpaired) electrons. The first-order valence-corrected chi connectivity index (χ1v) is 10.6. The highest BCUT2D eigenvalue weighted by molar-refractivity contribution is 6.36. The lowest BCUT2D eigenvalue weighted by atomic mass is 10.0. The molecular weight excluding hydrogens is 441 g/mol. The second kappa shape index (κ2) is 9.09. The quantitative estimate of drug-likeness (QED) is 0.322. The Hall–Kier alpha value is -2.53. The molecule has 1 amide bonds. The predicted molar refractivity (Wildman–Crippen MR) is 125 cm³/mol. The van der Waals surface area contributed by atoms with Crippen LogP contribution in [0.2, 0.25) is 15.1 Å². The number of halogens is 3. The molecule has 4 rings (SSSR count). The maximum absolute atomic E-state index is 12.4. The Bertz CT molecular complexity index is 1210. The van der Waals surface area contributed by atoms with Crippen LogP contribution in [0.5, 0.6) is 0 Å². The lowest BCUT2D eigenvalue weighted by Crippen LogP contribution is -2.11. The molecule has 0 saturated heterocycles. The van der Waals surface area contributed by atoms with E-state index < -0.39 is 0 Å². The number of aromatic nitrogens is 2. The largest absolute Gasteiger partial charge is 0.353 e. The first-order chi connectivity index (χ1) is 14.5. The molecule has 0 fully saturated rings. The Balaban J connectivity index is 1.52. The standard InChI is InChI=1S/C23H18Cl3N3O/c24-14-7-9-19-17(12-14)16(23(29-19)21-5-1-2-11-27-21)4-3-6-22(30)28-20-10-8-15(25)13-18(20)26/h1-2,5,7-13,29H,3-4,6H2,(H,28,30). The summed E-state index contributed by atoms with van der Waals surface area (Å²) < 4.78 is 0. The van der Waals surface area contributed by atoms with Crippen molar-refractivity contribution in [3.05, 3.63) is 81.4 Å². The van der Waals surface area contributed by atoms with Crippen LogP contribution in [-0.4, -0.2) is 15.9 Å². The van der Waals surface area contributed by atoms with E-state index in [9.17, 15) is 4.79 Å². The fourth-order valence-corrected chi connectivity index (χ4v) is 4.07. The Morgan fingerprint density at radius 3 is 2.57 bits per heavy atom. The highest BCUT2D eigenvalue weighted by Crippen LogP contribution is 2.32. The van der Waals surface area contributed by atoms with E-state index in [0.717, 1.165) is 27.9 Å². The highest BCUT2D eigenvalue weighted by Gasteiger charge is 2.15. The molecule has 4 nitrogen and oxygen atoms in total. The maximum atomic E-state index is 12.4. The number of H-pyrrole nitrogens is 1. The van der Waals surface area contributed by atoms with Gasteiger partial charge in [-0.2, -0.15) is 0 Å². The van der Waals surface area contributed by atoms with Crippen molar-refractivity contribution in [3.8, 4) is 11.4 Å². The molecule has 2 aromatic heterocycles. The number of rotatable bonds is 6. The van der Waals surface area contributed by atoms with Crippen LogP contribution in [0, 0.1) is 0 Å². The third-order valence-electron chi connectivity index (χ3n) is 4.83. The van der Waals surface area contributed by atoms with Gasteiger partial charge in [-0.05, 0) is 66.9 Å². The Morgan fingerprint density at radius 2 is 1.80 bits per heavy atom. The zero-order valence-corrected chi connectivity index (χ0v) is 18.2. The van der Waals surface area contributed by atoms with E-state index in [-0.39, 0.29) is 5.91 Å². The summed E-state index contributed by atoms with van der Waals surface area (Å²) in [7, 11) is 0. The van der Waals surface area contributed by atoms with Gasteiger partial charge >= 0.3 is 0 Å². The molecule has 0 saturated carbocycles. The number of hydrogen-bond acceptors (Lipinski definition) is 2. The molecule has 30 heavy (non-hydrogen) atoms. The number of nitrogens with zero attached hydrogens (tertiary/aromatic N) is 1. The number of aromatic amines is 1. The van der Waals surface area contributed by atoms with Crippen LogP contribution in [0.1, 0.15) is 18.4 Å². The molecular formula is C23H18Cl3N3O. The van der Waals surface area contributed by atoms with Crippen molar-refractivity contribution in [1.29, 1.82) is 0 Å². The molecule has 0 aliphatic heterocycles. The third kappa shape index (κ3) is 4.62. The average Bonchev–Trinajstić information content (AvgIpc) is 3.08. The first kappa shape index (κ1) is 20.7. The van der Waals surface area contributed by atoms with Gasteiger partial charge in [0.2, 0.25) is 5.91 Å². The predicted octanol–water partition coefficient (Wildman–Crippen LogP) is 7.15. The van der Waals surface area contributed by atoms with Gasteiger partial charge in [0.15, 0.2) is 0 Å². The van der Waals surface area contributed by atoms with Crippen LogP contribution in [0.25, 0.3) is 22.3 Å². The zero-order chi connectivity index (χ0) is 21.1. The molecule has 0 aliphatic carbocycles. The highest BCUT2D eigenvalue weighted by atomic mass is 35.5. The summed E-state index contributed by atoms with van der Waals surface area (Å²) in [5.74, 6) is -0.100.